The second-order valence-electron chi connectivity index (χ2n) is 7.07. The third kappa shape index (κ3) is 5.17. The van der Waals surface area contributed by atoms with Gasteiger partial charge in [-0.15, -0.1) is 0 Å². The first-order valence-corrected chi connectivity index (χ1v) is 10.5. The van der Waals surface area contributed by atoms with E-state index < -0.39 is 5.92 Å². The van der Waals surface area contributed by atoms with Crippen LogP contribution in [0.4, 0.5) is 5.69 Å². The molecule has 0 spiro atoms. The van der Waals surface area contributed by atoms with Gasteiger partial charge in [-0.25, -0.2) is 0 Å². The van der Waals surface area contributed by atoms with E-state index in [9.17, 15) is 9.59 Å². The highest BCUT2D eigenvalue weighted by Gasteiger charge is 2.35. The third-order valence-electron chi connectivity index (χ3n) is 5.17. The molecule has 1 fully saturated rings. The number of nitrogens with zero attached hydrogens (tertiary/aromatic N) is 1. The summed E-state index contributed by atoms with van der Waals surface area (Å²) < 4.78 is 16.0. The van der Waals surface area contributed by atoms with Crippen molar-refractivity contribution in [2.75, 3.05) is 39.3 Å². The molecule has 0 bridgehead atoms. The molecule has 0 aromatic heterocycles. The van der Waals surface area contributed by atoms with Crippen molar-refractivity contribution in [2.45, 2.75) is 12.8 Å². The Labute approximate surface area is 191 Å². The molecule has 1 aliphatic rings. The second-order valence-corrected chi connectivity index (χ2v) is 7.91. The fraction of sp³-hybridized carbons (Fsp3) is 0.364. The van der Waals surface area contributed by atoms with E-state index >= 15 is 0 Å². The highest BCUT2D eigenvalue weighted by Crippen LogP contribution is 2.42. The molecule has 1 N–H and O–H groups in total. The Bertz CT molecular complexity index is 957. The average molecular weight is 467 g/mol. The zero-order valence-electron chi connectivity index (χ0n) is 17.5. The molecule has 1 atom stereocenters. The van der Waals surface area contributed by atoms with Crippen LogP contribution in [0.15, 0.2) is 30.3 Å². The molecule has 9 heteroatoms. The lowest BCUT2D eigenvalue weighted by Gasteiger charge is -2.20. The molecule has 0 radical (unpaired) electrons. The Kier molecular flexibility index (Phi) is 7.51. The molecule has 1 aliphatic heterocycles. The predicted octanol–water partition coefficient (Wildman–Crippen LogP) is 3.73. The van der Waals surface area contributed by atoms with Crippen LogP contribution >= 0.6 is 23.2 Å². The molecule has 0 saturated carbocycles. The highest BCUT2D eigenvalue weighted by atomic mass is 35.5. The molecule has 2 aromatic rings. The smallest absolute Gasteiger partial charge is 0.227 e. The summed E-state index contributed by atoms with van der Waals surface area (Å²) in [6.07, 6.45) is 0.698. The average Bonchev–Trinajstić information content (AvgIpc) is 3.15. The number of amides is 2. The summed E-state index contributed by atoms with van der Waals surface area (Å²) in [6.45, 7) is 0.681. The summed E-state index contributed by atoms with van der Waals surface area (Å²) in [6, 6.07) is 8.66. The molecule has 3 rings (SSSR count). The van der Waals surface area contributed by atoms with Gasteiger partial charge < -0.3 is 24.4 Å². The summed E-state index contributed by atoms with van der Waals surface area (Å²) in [5.41, 5.74) is 1.48. The number of halogens is 2. The Balaban J connectivity index is 1.65. The van der Waals surface area contributed by atoms with Crippen molar-refractivity contribution < 1.29 is 23.8 Å². The molecule has 166 valence electrons. The largest absolute Gasteiger partial charge is 0.493 e. The molecule has 1 saturated heterocycles. The first-order valence-electron chi connectivity index (χ1n) is 9.70. The molecule has 2 aromatic carbocycles. The monoisotopic (exact) mass is 466 g/mol. The van der Waals surface area contributed by atoms with Gasteiger partial charge >= 0.3 is 0 Å². The zero-order chi connectivity index (χ0) is 22.5. The van der Waals surface area contributed by atoms with Crippen LogP contribution < -0.4 is 24.4 Å². The summed E-state index contributed by atoms with van der Waals surface area (Å²) in [4.78, 5) is 26.8. The Morgan fingerprint density at radius 1 is 1.10 bits per heavy atom. The van der Waals surface area contributed by atoms with Gasteiger partial charge in [-0.1, -0.05) is 29.3 Å². The van der Waals surface area contributed by atoms with Gasteiger partial charge in [0, 0.05) is 41.7 Å². The van der Waals surface area contributed by atoms with E-state index in [1.807, 2.05) is 6.07 Å². The molecule has 7 nitrogen and oxygen atoms in total. The SMILES string of the molecule is COc1cc(N2CC(C(=O)NCCc3ccc(Cl)cc3Cl)CC2=O)cc(OC)c1OC. The maximum Gasteiger partial charge on any atom is 0.227 e. The van der Waals surface area contributed by atoms with Crippen molar-refractivity contribution in [3.05, 3.63) is 45.9 Å². The minimum atomic E-state index is -0.452. The van der Waals surface area contributed by atoms with Crippen LogP contribution in [0.25, 0.3) is 0 Å². The minimum absolute atomic E-state index is 0.129. The van der Waals surface area contributed by atoms with Crippen LogP contribution in [0, 0.1) is 5.92 Å². The van der Waals surface area contributed by atoms with Crippen molar-refractivity contribution >= 4 is 40.7 Å². The Hall–Kier alpha value is -2.64. The Morgan fingerprint density at radius 3 is 2.35 bits per heavy atom. The topological polar surface area (TPSA) is 77.1 Å². The van der Waals surface area contributed by atoms with Gasteiger partial charge in [-0.2, -0.15) is 0 Å². The number of hydrogen-bond donors (Lipinski definition) is 1. The molecule has 2 amide bonds. The number of hydrogen-bond acceptors (Lipinski definition) is 5. The number of carbonyl (C=O) groups excluding carboxylic acids is 2. The zero-order valence-corrected chi connectivity index (χ0v) is 19.0. The summed E-state index contributed by atoms with van der Waals surface area (Å²) in [7, 11) is 4.53. The van der Waals surface area contributed by atoms with E-state index in [0.717, 1.165) is 5.56 Å². The van der Waals surface area contributed by atoms with Crippen LogP contribution in [-0.4, -0.2) is 46.2 Å². The lowest BCUT2D eigenvalue weighted by atomic mass is 10.1. The molecule has 0 aliphatic carbocycles. The predicted molar refractivity (Wildman–Crippen MR) is 120 cm³/mol. The number of carbonyl (C=O) groups is 2. The van der Waals surface area contributed by atoms with Crippen LogP contribution in [0.1, 0.15) is 12.0 Å². The van der Waals surface area contributed by atoms with Gasteiger partial charge in [0.05, 0.1) is 32.9 Å². The first-order chi connectivity index (χ1) is 14.9. The maximum atomic E-state index is 12.6. The van der Waals surface area contributed by atoms with E-state index in [-0.39, 0.29) is 24.8 Å². The van der Waals surface area contributed by atoms with E-state index in [1.165, 1.54) is 21.3 Å². The number of benzene rings is 2. The van der Waals surface area contributed by atoms with Crippen LogP contribution in [0.3, 0.4) is 0 Å². The highest BCUT2D eigenvalue weighted by molar-refractivity contribution is 6.35. The van der Waals surface area contributed by atoms with Crippen molar-refractivity contribution in [1.29, 1.82) is 0 Å². The van der Waals surface area contributed by atoms with Crippen LogP contribution in [0.5, 0.6) is 17.2 Å². The van der Waals surface area contributed by atoms with Gasteiger partial charge in [-0.3, -0.25) is 9.59 Å². The fourth-order valence-electron chi connectivity index (χ4n) is 3.54. The number of methoxy groups -OCH3 is 3. The minimum Gasteiger partial charge on any atom is -0.493 e. The summed E-state index contributed by atoms with van der Waals surface area (Å²) >= 11 is 12.1. The lowest BCUT2D eigenvalue weighted by molar-refractivity contribution is -0.126. The van der Waals surface area contributed by atoms with E-state index in [1.54, 1.807) is 29.2 Å². The number of ether oxygens (including phenoxy) is 3. The fourth-order valence-corrected chi connectivity index (χ4v) is 4.05. The third-order valence-corrected chi connectivity index (χ3v) is 5.75. The summed E-state index contributed by atoms with van der Waals surface area (Å²) in [5, 5.41) is 4.02. The lowest BCUT2D eigenvalue weighted by Crippen LogP contribution is -2.34. The number of anilines is 1. The second kappa shape index (κ2) is 10.1. The molecule has 1 unspecified atom stereocenters. The molecular weight excluding hydrogens is 443 g/mol. The van der Waals surface area contributed by atoms with E-state index in [2.05, 4.69) is 5.32 Å². The standard InChI is InChI=1S/C22H24Cl2N2O5/c1-29-18-10-16(11-19(30-2)21(18)31-3)26-12-14(8-20(26)27)22(28)25-7-6-13-4-5-15(23)9-17(13)24/h4-5,9-11,14H,6-8,12H2,1-3H3,(H,25,28). The van der Waals surface area contributed by atoms with Crippen molar-refractivity contribution in [1.82, 2.24) is 5.32 Å². The van der Waals surface area contributed by atoms with Gasteiger partial charge in [0.2, 0.25) is 17.6 Å². The van der Waals surface area contributed by atoms with Gasteiger partial charge in [0.25, 0.3) is 0 Å². The molecular formula is C22H24Cl2N2O5. The summed E-state index contributed by atoms with van der Waals surface area (Å²) in [5.74, 6) is 0.557. The van der Waals surface area contributed by atoms with Crippen LogP contribution in [0.2, 0.25) is 10.0 Å². The van der Waals surface area contributed by atoms with Crippen molar-refractivity contribution in [3.63, 3.8) is 0 Å². The molecule has 1 heterocycles. The maximum absolute atomic E-state index is 12.6. The number of rotatable bonds is 8. The van der Waals surface area contributed by atoms with E-state index in [4.69, 9.17) is 37.4 Å². The number of nitrogens with one attached hydrogen (secondary N) is 1. The first kappa shape index (κ1) is 23.0. The van der Waals surface area contributed by atoms with Crippen molar-refractivity contribution in [2.24, 2.45) is 5.92 Å². The van der Waals surface area contributed by atoms with Gasteiger partial charge in [-0.05, 0) is 24.1 Å². The quantitative estimate of drug-likeness (QED) is 0.641. The van der Waals surface area contributed by atoms with Gasteiger partial charge in [0.15, 0.2) is 11.5 Å². The molecule has 31 heavy (non-hydrogen) atoms. The van der Waals surface area contributed by atoms with Crippen molar-refractivity contribution in [3.8, 4) is 17.2 Å². The van der Waals surface area contributed by atoms with Gasteiger partial charge in [0.1, 0.15) is 0 Å². The van der Waals surface area contributed by atoms with Crippen LogP contribution in [-0.2, 0) is 16.0 Å². The Morgan fingerprint density at radius 2 is 1.77 bits per heavy atom. The van der Waals surface area contributed by atoms with E-state index in [0.29, 0.717) is 45.9 Å². The normalized spacial score (nSPS) is 15.7.